The average molecular weight is 316 g/mol. The van der Waals surface area contributed by atoms with Gasteiger partial charge in [-0.3, -0.25) is 0 Å². The monoisotopic (exact) mass is 315 g/mol. The van der Waals surface area contributed by atoms with E-state index in [1.807, 2.05) is 4.68 Å². The molecule has 0 saturated carbocycles. The predicted molar refractivity (Wildman–Crippen MR) is 82.1 cm³/mol. The van der Waals surface area contributed by atoms with E-state index in [9.17, 15) is 0 Å². The van der Waals surface area contributed by atoms with Crippen molar-refractivity contribution in [2.75, 3.05) is 5.73 Å². The highest BCUT2D eigenvalue weighted by Crippen LogP contribution is 2.30. The fraction of sp³-hybridized carbons (Fsp3) is 0.133. The van der Waals surface area contributed by atoms with E-state index in [2.05, 4.69) is 70.4 Å². The lowest BCUT2D eigenvalue weighted by atomic mass is 10.00. The van der Waals surface area contributed by atoms with Crippen molar-refractivity contribution in [3.05, 3.63) is 58.7 Å². The first-order valence-corrected chi connectivity index (χ1v) is 6.94. The van der Waals surface area contributed by atoms with Crippen LogP contribution in [0.1, 0.15) is 18.5 Å². The van der Waals surface area contributed by atoms with Gasteiger partial charge in [-0.1, -0.05) is 42.5 Å². The van der Waals surface area contributed by atoms with Crippen molar-refractivity contribution in [2.45, 2.75) is 13.0 Å². The summed E-state index contributed by atoms with van der Waals surface area (Å²) in [6.45, 7) is 2.11. The molecule has 3 nitrogen and oxygen atoms in total. The fourth-order valence-corrected chi connectivity index (χ4v) is 2.68. The van der Waals surface area contributed by atoms with Gasteiger partial charge in [-0.25, -0.2) is 4.68 Å². The highest BCUT2D eigenvalue weighted by Gasteiger charge is 2.15. The highest BCUT2D eigenvalue weighted by molar-refractivity contribution is 9.10. The maximum Gasteiger partial charge on any atom is 0.136 e. The van der Waals surface area contributed by atoms with E-state index in [0.29, 0.717) is 5.82 Å². The number of nitrogen functional groups attached to an aromatic ring is 1. The number of benzene rings is 2. The molecular formula is C15H14BrN3. The smallest absolute Gasteiger partial charge is 0.136 e. The lowest BCUT2D eigenvalue weighted by Gasteiger charge is -2.16. The topological polar surface area (TPSA) is 43.8 Å². The van der Waals surface area contributed by atoms with Crippen molar-refractivity contribution in [2.24, 2.45) is 0 Å². The molecule has 19 heavy (non-hydrogen) atoms. The summed E-state index contributed by atoms with van der Waals surface area (Å²) in [5, 5.41) is 6.82. The standard InChI is InChI=1S/C15H14BrN3/c1-10(19-15(17)14(16)9-18-19)12-8-4-6-11-5-2-3-7-13(11)12/h2-10H,17H2,1H3. The molecule has 0 aliphatic heterocycles. The Morgan fingerprint density at radius 1 is 1.16 bits per heavy atom. The first kappa shape index (κ1) is 12.2. The summed E-state index contributed by atoms with van der Waals surface area (Å²) in [6, 6.07) is 14.8. The minimum atomic E-state index is 0.0948. The molecule has 1 unspecified atom stereocenters. The van der Waals surface area contributed by atoms with Gasteiger partial charge in [-0.15, -0.1) is 0 Å². The second-order valence-corrected chi connectivity index (χ2v) is 5.42. The molecule has 4 heteroatoms. The molecule has 2 N–H and O–H groups in total. The molecule has 0 fully saturated rings. The molecule has 1 aromatic heterocycles. The third-order valence-electron chi connectivity index (χ3n) is 3.43. The van der Waals surface area contributed by atoms with E-state index in [1.165, 1.54) is 16.3 Å². The SMILES string of the molecule is CC(c1cccc2ccccc12)n1ncc(Br)c1N. The number of hydrogen-bond donors (Lipinski definition) is 1. The lowest BCUT2D eigenvalue weighted by Crippen LogP contribution is -2.11. The maximum absolute atomic E-state index is 6.04. The lowest BCUT2D eigenvalue weighted by molar-refractivity contribution is 0.576. The van der Waals surface area contributed by atoms with Gasteiger partial charge in [-0.2, -0.15) is 5.10 Å². The van der Waals surface area contributed by atoms with Crippen LogP contribution in [0.5, 0.6) is 0 Å². The number of aromatic nitrogens is 2. The van der Waals surface area contributed by atoms with Gasteiger partial charge < -0.3 is 5.73 Å². The van der Waals surface area contributed by atoms with Gasteiger partial charge in [0.2, 0.25) is 0 Å². The van der Waals surface area contributed by atoms with Crippen molar-refractivity contribution in [3.63, 3.8) is 0 Å². The van der Waals surface area contributed by atoms with Gasteiger partial charge in [0.25, 0.3) is 0 Å². The van der Waals surface area contributed by atoms with Gasteiger partial charge >= 0.3 is 0 Å². The highest BCUT2D eigenvalue weighted by atomic mass is 79.9. The van der Waals surface area contributed by atoms with Gasteiger partial charge in [-0.05, 0) is 39.2 Å². The Morgan fingerprint density at radius 3 is 2.63 bits per heavy atom. The van der Waals surface area contributed by atoms with E-state index in [4.69, 9.17) is 5.73 Å². The molecule has 2 aromatic carbocycles. The van der Waals surface area contributed by atoms with Crippen molar-refractivity contribution in [1.82, 2.24) is 9.78 Å². The van der Waals surface area contributed by atoms with Gasteiger partial charge in [0.1, 0.15) is 5.82 Å². The van der Waals surface area contributed by atoms with Crippen LogP contribution in [0.15, 0.2) is 53.1 Å². The summed E-state index contributed by atoms with van der Waals surface area (Å²) < 4.78 is 2.67. The van der Waals surface area contributed by atoms with Crippen LogP contribution in [0.4, 0.5) is 5.82 Å². The molecule has 0 radical (unpaired) electrons. The molecular weight excluding hydrogens is 302 g/mol. The molecule has 0 aliphatic carbocycles. The number of anilines is 1. The van der Waals surface area contributed by atoms with E-state index in [1.54, 1.807) is 6.20 Å². The summed E-state index contributed by atoms with van der Waals surface area (Å²) >= 11 is 3.40. The molecule has 0 bridgehead atoms. The van der Waals surface area contributed by atoms with Gasteiger partial charge in [0, 0.05) is 0 Å². The minimum Gasteiger partial charge on any atom is -0.383 e. The number of rotatable bonds is 2. The second-order valence-electron chi connectivity index (χ2n) is 4.57. The zero-order chi connectivity index (χ0) is 13.4. The fourth-order valence-electron chi connectivity index (χ4n) is 2.41. The molecule has 0 saturated heterocycles. The van der Waals surface area contributed by atoms with Crippen molar-refractivity contribution in [1.29, 1.82) is 0 Å². The van der Waals surface area contributed by atoms with Crippen LogP contribution in [0.3, 0.4) is 0 Å². The van der Waals surface area contributed by atoms with Crippen LogP contribution >= 0.6 is 15.9 Å². The Bertz CT molecular complexity index is 728. The zero-order valence-electron chi connectivity index (χ0n) is 10.5. The van der Waals surface area contributed by atoms with E-state index < -0.39 is 0 Å². The van der Waals surface area contributed by atoms with Gasteiger partial charge in [0.05, 0.1) is 16.7 Å². The second kappa shape index (κ2) is 4.70. The Morgan fingerprint density at radius 2 is 1.89 bits per heavy atom. The molecule has 96 valence electrons. The first-order chi connectivity index (χ1) is 9.18. The summed E-state index contributed by atoms with van der Waals surface area (Å²) in [4.78, 5) is 0. The molecule has 0 spiro atoms. The van der Waals surface area contributed by atoms with Crippen LogP contribution in [0.25, 0.3) is 10.8 Å². The first-order valence-electron chi connectivity index (χ1n) is 6.14. The number of hydrogen-bond acceptors (Lipinski definition) is 2. The molecule has 3 rings (SSSR count). The van der Waals surface area contributed by atoms with E-state index in [-0.39, 0.29) is 6.04 Å². The quantitative estimate of drug-likeness (QED) is 0.777. The normalized spacial score (nSPS) is 12.7. The summed E-state index contributed by atoms with van der Waals surface area (Å²) in [7, 11) is 0. The number of halogens is 1. The zero-order valence-corrected chi connectivity index (χ0v) is 12.1. The predicted octanol–water partition coefficient (Wildman–Crippen LogP) is 3.99. The number of nitrogens with zero attached hydrogens (tertiary/aromatic N) is 2. The Hall–Kier alpha value is -1.81. The van der Waals surface area contributed by atoms with Crippen molar-refractivity contribution in [3.8, 4) is 0 Å². The Kier molecular flexibility index (Phi) is 3.03. The van der Waals surface area contributed by atoms with Crippen molar-refractivity contribution < 1.29 is 0 Å². The molecule has 0 aliphatic rings. The molecule has 0 amide bonds. The van der Waals surface area contributed by atoms with Crippen LogP contribution in [-0.4, -0.2) is 9.78 Å². The molecule has 1 atom stereocenters. The average Bonchev–Trinajstić information content (AvgIpc) is 2.78. The molecule has 1 heterocycles. The number of fused-ring (bicyclic) bond motifs is 1. The maximum atomic E-state index is 6.04. The summed E-state index contributed by atoms with van der Waals surface area (Å²) in [5.41, 5.74) is 7.26. The Labute approximate surface area is 120 Å². The van der Waals surface area contributed by atoms with Gasteiger partial charge in [0.15, 0.2) is 0 Å². The largest absolute Gasteiger partial charge is 0.383 e. The minimum absolute atomic E-state index is 0.0948. The third kappa shape index (κ3) is 2.02. The van der Waals surface area contributed by atoms with Crippen LogP contribution in [0, 0.1) is 0 Å². The van der Waals surface area contributed by atoms with Crippen LogP contribution in [0.2, 0.25) is 0 Å². The van der Waals surface area contributed by atoms with E-state index >= 15 is 0 Å². The van der Waals surface area contributed by atoms with Crippen molar-refractivity contribution >= 4 is 32.5 Å². The summed E-state index contributed by atoms with van der Waals surface area (Å²) in [5.74, 6) is 0.653. The summed E-state index contributed by atoms with van der Waals surface area (Å²) in [6.07, 6.45) is 1.73. The Balaban J connectivity index is 2.17. The van der Waals surface area contributed by atoms with E-state index in [0.717, 1.165) is 4.47 Å². The van der Waals surface area contributed by atoms with Crippen LogP contribution < -0.4 is 5.73 Å². The number of nitrogens with two attached hydrogens (primary N) is 1. The molecule has 3 aromatic rings. The van der Waals surface area contributed by atoms with Crippen LogP contribution in [-0.2, 0) is 0 Å². The third-order valence-corrected chi connectivity index (χ3v) is 4.04.